The molecule has 1 aliphatic carbocycles. The minimum Gasteiger partial charge on any atom is -0.497 e. The summed E-state index contributed by atoms with van der Waals surface area (Å²) < 4.78 is 38.7. The number of Topliss-reactive ketones (excluding diaryl/α,β-unsaturated/α-hetero) is 1. The maximum Gasteiger partial charge on any atom is 0.184 e. The summed E-state index contributed by atoms with van der Waals surface area (Å²) in [6.07, 6.45) is 2.06. The van der Waals surface area contributed by atoms with Crippen LogP contribution in [0.4, 0.5) is 0 Å². The van der Waals surface area contributed by atoms with Crippen molar-refractivity contribution in [3.05, 3.63) is 41.5 Å². The number of methoxy groups -OCH3 is 1. The van der Waals surface area contributed by atoms with Crippen LogP contribution in [0.5, 0.6) is 5.75 Å². The van der Waals surface area contributed by atoms with Gasteiger partial charge < -0.3 is 27.5 Å². The molecule has 2 fully saturated rings. The maximum atomic E-state index is 13.4. The largest absolute Gasteiger partial charge is 0.497 e. The van der Waals surface area contributed by atoms with Gasteiger partial charge in [-0.1, -0.05) is 19.1 Å². The van der Waals surface area contributed by atoms with Gasteiger partial charge in [-0.2, -0.15) is 0 Å². The monoisotopic (exact) mass is 662 g/mol. The number of benzene rings is 1. The minimum atomic E-state index is -1.98. The van der Waals surface area contributed by atoms with Gasteiger partial charge in [0.2, 0.25) is 0 Å². The molecular weight excluding hydrogens is 605 g/mol. The third-order valence-electron chi connectivity index (χ3n) is 8.89. The zero-order chi connectivity index (χ0) is 32.8. The van der Waals surface area contributed by atoms with Gasteiger partial charge in [-0.3, -0.25) is 4.79 Å². The van der Waals surface area contributed by atoms with Crippen LogP contribution in [0.15, 0.2) is 30.4 Å². The number of ether oxygens (including phenoxy) is 3. The van der Waals surface area contributed by atoms with Crippen molar-refractivity contribution in [1.29, 1.82) is 0 Å². The van der Waals surface area contributed by atoms with Crippen LogP contribution in [-0.2, 0) is 29.2 Å². The molecule has 2 aliphatic heterocycles. The SMILES string of the molecule is C=C(C[C@@H]1OC[C@H](C[C@@H]2O[C@H]2[C@@H](C)[C@H](C)O[Si](C)(C)C)[C@@H](O[Si](C)(C)C)[C@H]1O[Si](C)(C)C)[C@H]1Cc2cc(OC)ccc2C1=O. The van der Waals surface area contributed by atoms with Crippen LogP contribution in [-0.4, -0.2) is 81.1 Å². The molecule has 4 rings (SSSR count). The van der Waals surface area contributed by atoms with Crippen molar-refractivity contribution in [1.82, 2.24) is 0 Å². The lowest BCUT2D eigenvalue weighted by Gasteiger charge is -2.47. The second-order valence-electron chi connectivity index (χ2n) is 16.2. The van der Waals surface area contributed by atoms with Crippen LogP contribution in [0.25, 0.3) is 0 Å². The molecule has 0 radical (unpaired) electrons. The first-order valence-corrected chi connectivity index (χ1v) is 26.7. The standard InChI is InChI=1S/C34H58O7Si3/c1-21(28-18-24-17-26(36-4)14-15-27(24)31(28)35)16-29-34(41-44(11,12)13)33(40-43(8,9)10)25(20-37-29)19-30-32(38-30)22(2)23(3)39-42(5,6)7/h14-15,17,22-23,25,28-30,32-34H,1,16,18-20H2,2-13H3/t22-,23-,25-,28+,29-,30-,32-,33+,34-/m0/s1. The molecule has 44 heavy (non-hydrogen) atoms. The number of carbonyl (C=O) groups excluding carboxylic acids is 1. The highest BCUT2D eigenvalue weighted by molar-refractivity contribution is 6.70. The molecule has 0 unspecified atom stereocenters. The normalized spacial score (nSPS) is 30.5. The van der Waals surface area contributed by atoms with Crippen molar-refractivity contribution in [2.45, 2.75) is 129 Å². The Labute approximate surface area is 269 Å². The molecule has 0 saturated carbocycles. The number of fused-ring (bicyclic) bond motifs is 1. The van der Waals surface area contributed by atoms with E-state index in [1.54, 1.807) is 7.11 Å². The molecule has 9 atom stereocenters. The average Bonchev–Trinajstić information content (AvgIpc) is 3.57. The summed E-state index contributed by atoms with van der Waals surface area (Å²) >= 11 is 0. The number of carbonyl (C=O) groups is 1. The van der Waals surface area contributed by atoms with E-state index in [1.807, 2.05) is 18.2 Å². The van der Waals surface area contributed by atoms with E-state index in [0.29, 0.717) is 25.4 Å². The Kier molecular flexibility index (Phi) is 11.0. The van der Waals surface area contributed by atoms with Crippen molar-refractivity contribution in [2.24, 2.45) is 17.8 Å². The van der Waals surface area contributed by atoms with E-state index in [-0.39, 0.29) is 54.2 Å². The van der Waals surface area contributed by atoms with Crippen molar-refractivity contribution in [3.63, 3.8) is 0 Å². The van der Waals surface area contributed by atoms with Crippen LogP contribution in [0.2, 0.25) is 58.9 Å². The van der Waals surface area contributed by atoms with E-state index < -0.39 is 25.0 Å². The van der Waals surface area contributed by atoms with E-state index in [9.17, 15) is 4.79 Å². The van der Waals surface area contributed by atoms with Crippen molar-refractivity contribution < 1.29 is 32.3 Å². The maximum absolute atomic E-state index is 13.4. The number of epoxide rings is 1. The Hall–Kier alpha value is -1.12. The van der Waals surface area contributed by atoms with Crippen molar-refractivity contribution >= 4 is 30.7 Å². The van der Waals surface area contributed by atoms with Gasteiger partial charge in [-0.15, -0.1) is 0 Å². The second-order valence-corrected chi connectivity index (χ2v) is 29.6. The highest BCUT2D eigenvalue weighted by Gasteiger charge is 2.51. The average molecular weight is 663 g/mol. The minimum absolute atomic E-state index is 0.100. The molecule has 3 aliphatic rings. The first-order chi connectivity index (χ1) is 20.3. The van der Waals surface area contributed by atoms with Crippen LogP contribution >= 0.6 is 0 Å². The summed E-state index contributed by atoms with van der Waals surface area (Å²) in [6, 6.07) is 5.72. The number of hydrogen-bond donors (Lipinski definition) is 0. The smallest absolute Gasteiger partial charge is 0.184 e. The number of ketones is 1. The highest BCUT2D eigenvalue weighted by Crippen LogP contribution is 2.43. The van der Waals surface area contributed by atoms with E-state index in [2.05, 4.69) is 79.3 Å². The van der Waals surface area contributed by atoms with Crippen molar-refractivity contribution in [3.8, 4) is 5.75 Å². The van der Waals surface area contributed by atoms with Gasteiger partial charge in [0.25, 0.3) is 0 Å². The van der Waals surface area contributed by atoms with Gasteiger partial charge in [0.15, 0.2) is 30.7 Å². The van der Waals surface area contributed by atoms with Gasteiger partial charge in [-0.05, 0) is 109 Å². The number of hydrogen-bond acceptors (Lipinski definition) is 7. The van der Waals surface area contributed by atoms with Crippen LogP contribution in [0.1, 0.15) is 42.6 Å². The third kappa shape index (κ3) is 9.24. The fraction of sp³-hybridized carbons (Fsp3) is 0.735. The Morgan fingerprint density at radius 3 is 2.18 bits per heavy atom. The fourth-order valence-electron chi connectivity index (χ4n) is 6.79. The molecule has 0 amide bonds. The summed E-state index contributed by atoms with van der Waals surface area (Å²) in [5.74, 6) is 1.13. The van der Waals surface area contributed by atoms with E-state index >= 15 is 0 Å². The lowest BCUT2D eigenvalue weighted by atomic mass is 9.83. The first-order valence-electron chi connectivity index (χ1n) is 16.5. The first kappa shape index (κ1) is 35.7. The summed E-state index contributed by atoms with van der Waals surface area (Å²) in [5, 5.41) is 0. The third-order valence-corrected chi connectivity index (χ3v) is 11.9. The quantitative estimate of drug-likeness (QED) is 0.116. The summed E-state index contributed by atoms with van der Waals surface area (Å²) in [7, 11) is -3.90. The zero-order valence-corrected chi connectivity index (χ0v) is 32.3. The fourth-order valence-corrected chi connectivity index (χ4v) is 10.4. The molecule has 1 aromatic carbocycles. The summed E-state index contributed by atoms with van der Waals surface area (Å²) in [5.41, 5.74) is 2.70. The van der Waals surface area contributed by atoms with Gasteiger partial charge in [-0.25, -0.2) is 0 Å². The number of rotatable bonds is 14. The molecule has 0 bridgehead atoms. The molecule has 2 saturated heterocycles. The Morgan fingerprint density at radius 2 is 1.59 bits per heavy atom. The van der Waals surface area contributed by atoms with Gasteiger partial charge in [0.05, 0.1) is 44.2 Å². The van der Waals surface area contributed by atoms with Gasteiger partial charge in [0.1, 0.15) is 5.75 Å². The summed E-state index contributed by atoms with van der Waals surface area (Å²) in [6.45, 7) is 29.6. The molecule has 7 nitrogen and oxygen atoms in total. The van der Waals surface area contributed by atoms with Crippen LogP contribution in [0.3, 0.4) is 0 Å². The van der Waals surface area contributed by atoms with Gasteiger partial charge >= 0.3 is 0 Å². The van der Waals surface area contributed by atoms with Crippen LogP contribution < -0.4 is 4.74 Å². The summed E-state index contributed by atoms with van der Waals surface area (Å²) in [4.78, 5) is 13.4. The Bertz CT molecular complexity index is 1180. The van der Waals surface area contributed by atoms with Crippen molar-refractivity contribution in [2.75, 3.05) is 13.7 Å². The Balaban J connectivity index is 1.50. The van der Waals surface area contributed by atoms with E-state index in [0.717, 1.165) is 28.9 Å². The van der Waals surface area contributed by atoms with E-state index in [1.165, 1.54) is 0 Å². The topological polar surface area (TPSA) is 75.8 Å². The zero-order valence-electron chi connectivity index (χ0n) is 29.3. The molecule has 1 aromatic rings. The highest BCUT2D eigenvalue weighted by atomic mass is 28.4. The predicted octanol–water partition coefficient (Wildman–Crippen LogP) is 7.49. The molecule has 248 valence electrons. The predicted molar refractivity (Wildman–Crippen MR) is 184 cm³/mol. The molecule has 2 heterocycles. The molecule has 10 heteroatoms. The molecular formula is C34H58O7Si3. The van der Waals surface area contributed by atoms with Crippen LogP contribution in [0, 0.1) is 17.8 Å². The molecule has 0 spiro atoms. The van der Waals surface area contributed by atoms with E-state index in [4.69, 9.17) is 27.5 Å². The Morgan fingerprint density at radius 1 is 0.955 bits per heavy atom. The molecule has 0 aromatic heterocycles. The molecule has 0 N–H and O–H groups in total. The van der Waals surface area contributed by atoms with Gasteiger partial charge in [0, 0.05) is 29.4 Å². The lowest BCUT2D eigenvalue weighted by molar-refractivity contribution is -0.152. The lowest BCUT2D eigenvalue weighted by Crippen LogP contribution is -2.58. The second kappa shape index (κ2) is 13.5.